The average Bonchev–Trinajstić information content (AvgIpc) is 3.02. The second-order valence-electron chi connectivity index (χ2n) is 12.6. The summed E-state index contributed by atoms with van der Waals surface area (Å²) in [7, 11) is 0. The standard InChI is InChI=1S/C38H68O6/c1-4-6-7-8-13-18-23-28-35(39)29-24-19-16-21-26-31-38(42)44-33-36(40)32-43-37(41)30-25-20-15-12-10-9-11-14-17-22-27-34(3)5-2/h13,18,23,28,34,36,40H,4-12,14-17,19-22,24-27,29-33H2,1-3H3/b18-13-,28-23+/t34?,36-/m1/s1. The van der Waals surface area contributed by atoms with E-state index in [0.717, 1.165) is 63.7 Å². The molecular formula is C38H68O6. The quantitative estimate of drug-likeness (QED) is 0.0348. The van der Waals surface area contributed by atoms with E-state index in [9.17, 15) is 19.5 Å². The third-order valence-electron chi connectivity index (χ3n) is 8.21. The Balaban J connectivity index is 3.54. The maximum absolute atomic E-state index is 11.9. The number of carbonyl (C=O) groups is 3. The topological polar surface area (TPSA) is 89.9 Å². The van der Waals surface area contributed by atoms with Gasteiger partial charge in [-0.05, 0) is 44.1 Å². The second kappa shape index (κ2) is 32.4. The molecule has 0 rings (SSSR count). The molecule has 0 bridgehead atoms. The van der Waals surface area contributed by atoms with Gasteiger partial charge in [0, 0.05) is 19.3 Å². The summed E-state index contributed by atoms with van der Waals surface area (Å²) < 4.78 is 10.3. The van der Waals surface area contributed by atoms with E-state index in [1.54, 1.807) is 6.08 Å². The van der Waals surface area contributed by atoms with E-state index in [0.29, 0.717) is 19.3 Å². The zero-order chi connectivity index (χ0) is 32.5. The van der Waals surface area contributed by atoms with Crippen molar-refractivity contribution >= 4 is 17.7 Å². The van der Waals surface area contributed by atoms with Crippen LogP contribution in [0.5, 0.6) is 0 Å². The first-order valence-corrected chi connectivity index (χ1v) is 18.2. The minimum Gasteiger partial charge on any atom is -0.463 e. The number of hydrogen-bond donors (Lipinski definition) is 1. The Morgan fingerprint density at radius 1 is 0.614 bits per heavy atom. The molecule has 1 unspecified atom stereocenters. The second-order valence-corrected chi connectivity index (χ2v) is 12.6. The third kappa shape index (κ3) is 31.5. The van der Waals surface area contributed by atoms with Crippen molar-refractivity contribution in [1.82, 2.24) is 0 Å². The van der Waals surface area contributed by atoms with Gasteiger partial charge in [-0.1, -0.05) is 142 Å². The monoisotopic (exact) mass is 621 g/mol. The number of ether oxygens (including phenoxy) is 2. The molecule has 1 N–H and O–H groups in total. The van der Waals surface area contributed by atoms with Crippen LogP contribution in [-0.4, -0.2) is 42.1 Å². The highest BCUT2D eigenvalue weighted by Crippen LogP contribution is 2.15. The summed E-state index contributed by atoms with van der Waals surface area (Å²) in [5.41, 5.74) is 0. The van der Waals surface area contributed by atoms with Gasteiger partial charge in [-0.2, -0.15) is 0 Å². The predicted octanol–water partition coefficient (Wildman–Crippen LogP) is 10.2. The van der Waals surface area contributed by atoms with Crippen molar-refractivity contribution in [1.29, 1.82) is 0 Å². The molecule has 0 aliphatic carbocycles. The Bertz CT molecular complexity index is 744. The van der Waals surface area contributed by atoms with E-state index in [1.807, 2.05) is 12.2 Å². The number of rotatable bonds is 32. The van der Waals surface area contributed by atoms with E-state index >= 15 is 0 Å². The normalized spacial score (nSPS) is 13.0. The Morgan fingerprint density at radius 3 is 1.59 bits per heavy atom. The van der Waals surface area contributed by atoms with Crippen LogP contribution in [0.1, 0.15) is 175 Å². The Kier molecular flexibility index (Phi) is 31.0. The van der Waals surface area contributed by atoms with Crippen LogP contribution in [0.15, 0.2) is 24.3 Å². The molecule has 0 aromatic carbocycles. The number of carbonyl (C=O) groups excluding carboxylic acids is 3. The Morgan fingerprint density at radius 2 is 1.09 bits per heavy atom. The van der Waals surface area contributed by atoms with Gasteiger partial charge < -0.3 is 14.6 Å². The summed E-state index contributed by atoms with van der Waals surface area (Å²) >= 11 is 0. The van der Waals surface area contributed by atoms with Gasteiger partial charge in [0.15, 0.2) is 5.78 Å². The Labute approximate surface area is 270 Å². The number of ketones is 1. The summed E-state index contributed by atoms with van der Waals surface area (Å²) in [6, 6.07) is 0. The van der Waals surface area contributed by atoms with Gasteiger partial charge in [0.05, 0.1) is 0 Å². The highest BCUT2D eigenvalue weighted by Gasteiger charge is 2.12. The number of unbranched alkanes of at least 4 members (excludes halogenated alkanes) is 16. The summed E-state index contributed by atoms with van der Waals surface area (Å²) in [4.78, 5) is 35.7. The van der Waals surface area contributed by atoms with Crippen LogP contribution in [-0.2, 0) is 23.9 Å². The molecule has 6 nitrogen and oxygen atoms in total. The first kappa shape index (κ1) is 42.0. The van der Waals surface area contributed by atoms with Crippen molar-refractivity contribution in [2.24, 2.45) is 5.92 Å². The van der Waals surface area contributed by atoms with Gasteiger partial charge >= 0.3 is 11.9 Å². The van der Waals surface area contributed by atoms with Gasteiger partial charge in [-0.15, -0.1) is 0 Å². The first-order valence-electron chi connectivity index (χ1n) is 18.2. The lowest BCUT2D eigenvalue weighted by molar-refractivity contribution is -0.152. The van der Waals surface area contributed by atoms with Gasteiger partial charge in [0.25, 0.3) is 0 Å². The van der Waals surface area contributed by atoms with Crippen molar-refractivity contribution in [3.63, 3.8) is 0 Å². The summed E-state index contributed by atoms with van der Waals surface area (Å²) in [6.45, 7) is 6.50. The number of esters is 2. The molecule has 0 aromatic heterocycles. The molecule has 0 aromatic rings. The molecule has 0 aliphatic rings. The van der Waals surface area contributed by atoms with Crippen molar-refractivity contribution in [2.45, 2.75) is 181 Å². The highest BCUT2D eigenvalue weighted by atomic mass is 16.6. The molecule has 2 atom stereocenters. The lowest BCUT2D eigenvalue weighted by Crippen LogP contribution is -2.25. The van der Waals surface area contributed by atoms with Crippen LogP contribution in [0, 0.1) is 5.92 Å². The first-order chi connectivity index (χ1) is 21.4. The summed E-state index contributed by atoms with van der Waals surface area (Å²) in [6.07, 6.45) is 31.8. The molecule has 6 heteroatoms. The zero-order valence-corrected chi connectivity index (χ0v) is 28.8. The van der Waals surface area contributed by atoms with E-state index in [4.69, 9.17) is 9.47 Å². The number of aliphatic hydroxyl groups excluding tert-OH is 1. The van der Waals surface area contributed by atoms with Gasteiger partial charge in [-0.3, -0.25) is 14.4 Å². The zero-order valence-electron chi connectivity index (χ0n) is 28.8. The van der Waals surface area contributed by atoms with Crippen molar-refractivity contribution in [2.75, 3.05) is 13.2 Å². The molecule has 0 heterocycles. The Hall–Kier alpha value is -1.95. The molecule has 0 aliphatic heterocycles. The van der Waals surface area contributed by atoms with Gasteiger partial charge in [-0.25, -0.2) is 0 Å². The molecule has 0 saturated heterocycles. The van der Waals surface area contributed by atoms with Crippen LogP contribution in [0.4, 0.5) is 0 Å². The largest absolute Gasteiger partial charge is 0.463 e. The highest BCUT2D eigenvalue weighted by molar-refractivity contribution is 5.89. The maximum atomic E-state index is 11.9. The molecule has 0 radical (unpaired) electrons. The fraction of sp³-hybridized carbons (Fsp3) is 0.816. The third-order valence-corrected chi connectivity index (χ3v) is 8.21. The fourth-order valence-electron chi connectivity index (χ4n) is 4.98. The van der Waals surface area contributed by atoms with Crippen LogP contribution < -0.4 is 0 Å². The molecule has 0 amide bonds. The predicted molar refractivity (Wildman–Crippen MR) is 183 cm³/mol. The van der Waals surface area contributed by atoms with Crippen molar-refractivity contribution < 1.29 is 29.0 Å². The van der Waals surface area contributed by atoms with E-state index in [2.05, 4.69) is 26.8 Å². The van der Waals surface area contributed by atoms with Crippen molar-refractivity contribution in [3.05, 3.63) is 24.3 Å². The minimum atomic E-state index is -0.999. The van der Waals surface area contributed by atoms with Gasteiger partial charge in [0.2, 0.25) is 0 Å². The van der Waals surface area contributed by atoms with Gasteiger partial charge in [0.1, 0.15) is 19.3 Å². The molecule has 0 saturated carbocycles. The van der Waals surface area contributed by atoms with E-state index in [1.165, 1.54) is 77.0 Å². The lowest BCUT2D eigenvalue weighted by atomic mass is 9.99. The molecule has 0 spiro atoms. The summed E-state index contributed by atoms with van der Waals surface area (Å²) in [5, 5.41) is 9.98. The van der Waals surface area contributed by atoms with Crippen LogP contribution >= 0.6 is 0 Å². The van der Waals surface area contributed by atoms with E-state index < -0.39 is 6.10 Å². The maximum Gasteiger partial charge on any atom is 0.305 e. The van der Waals surface area contributed by atoms with Crippen molar-refractivity contribution in [3.8, 4) is 0 Å². The fourth-order valence-corrected chi connectivity index (χ4v) is 4.98. The summed E-state index contributed by atoms with van der Waals surface area (Å²) in [5.74, 6) is 0.376. The minimum absolute atomic E-state index is 0.146. The van der Waals surface area contributed by atoms with E-state index in [-0.39, 0.29) is 30.9 Å². The average molecular weight is 621 g/mol. The SMILES string of the molecule is CCCCC/C=C\C=C\C(=O)CCCCCCCC(=O)OC[C@H](O)COC(=O)CCCCCCCCCCCCC(C)CC. The lowest BCUT2D eigenvalue weighted by Gasteiger charge is -2.12. The smallest absolute Gasteiger partial charge is 0.305 e. The molecule has 0 fully saturated rings. The number of allylic oxidation sites excluding steroid dienone is 4. The molecular weight excluding hydrogens is 552 g/mol. The van der Waals surface area contributed by atoms with Crippen LogP contribution in [0.3, 0.4) is 0 Å². The molecule has 44 heavy (non-hydrogen) atoms. The number of hydrogen-bond acceptors (Lipinski definition) is 6. The number of aliphatic hydroxyl groups is 1. The van der Waals surface area contributed by atoms with Crippen LogP contribution in [0.25, 0.3) is 0 Å². The molecule has 256 valence electrons. The van der Waals surface area contributed by atoms with Crippen LogP contribution in [0.2, 0.25) is 0 Å².